The van der Waals surface area contributed by atoms with Gasteiger partial charge in [0.2, 0.25) is 0 Å². The molecule has 0 saturated heterocycles. The molecule has 0 unspecified atom stereocenters. The highest BCUT2D eigenvalue weighted by Crippen LogP contribution is 2.18. The standard InChI is InChI=1S/C15H24S/c1-6-14(5)9-8-12-16-15(7-2)11-10-13(3)4/h6-11,13H,12H2,1-5H3/b9-8-,11-10-,14-6-,15-7+. The van der Waals surface area contributed by atoms with E-state index < -0.39 is 0 Å². The summed E-state index contributed by atoms with van der Waals surface area (Å²) in [5.41, 5.74) is 1.32. The predicted octanol–water partition coefficient (Wildman–Crippen LogP) is 5.36. The van der Waals surface area contributed by atoms with E-state index >= 15 is 0 Å². The van der Waals surface area contributed by atoms with Gasteiger partial charge in [-0.25, -0.2) is 0 Å². The van der Waals surface area contributed by atoms with Crippen molar-refractivity contribution in [2.24, 2.45) is 5.92 Å². The van der Waals surface area contributed by atoms with Gasteiger partial charge in [0, 0.05) is 10.7 Å². The Morgan fingerprint density at radius 1 is 1.12 bits per heavy atom. The zero-order chi connectivity index (χ0) is 12.4. The topological polar surface area (TPSA) is 0 Å². The van der Waals surface area contributed by atoms with E-state index in [0.717, 1.165) is 5.75 Å². The zero-order valence-corrected chi connectivity index (χ0v) is 12.0. The summed E-state index contributed by atoms with van der Waals surface area (Å²) in [6.07, 6.45) is 13.1. The van der Waals surface area contributed by atoms with Gasteiger partial charge in [0.25, 0.3) is 0 Å². The summed E-state index contributed by atoms with van der Waals surface area (Å²) in [7, 11) is 0. The molecule has 1 heteroatoms. The highest BCUT2D eigenvalue weighted by Gasteiger charge is 1.91. The van der Waals surface area contributed by atoms with Crippen molar-refractivity contribution < 1.29 is 0 Å². The maximum Gasteiger partial charge on any atom is 0.0163 e. The normalized spacial score (nSPS) is 14.6. The molecule has 0 rings (SSSR count). The van der Waals surface area contributed by atoms with Crippen LogP contribution in [0.25, 0.3) is 0 Å². The molecule has 0 aromatic rings. The van der Waals surface area contributed by atoms with Crippen LogP contribution in [0.15, 0.2) is 46.9 Å². The number of hydrogen-bond acceptors (Lipinski definition) is 1. The molecule has 0 fully saturated rings. The molecule has 90 valence electrons. The van der Waals surface area contributed by atoms with Crippen molar-refractivity contribution in [3.05, 3.63) is 46.9 Å². The molecule has 0 aromatic carbocycles. The highest BCUT2D eigenvalue weighted by molar-refractivity contribution is 8.03. The summed E-state index contributed by atoms with van der Waals surface area (Å²) in [6.45, 7) is 10.7. The highest BCUT2D eigenvalue weighted by atomic mass is 32.2. The van der Waals surface area contributed by atoms with Crippen LogP contribution < -0.4 is 0 Å². The summed E-state index contributed by atoms with van der Waals surface area (Å²) in [5, 5.41) is 0. The van der Waals surface area contributed by atoms with Crippen LogP contribution >= 0.6 is 11.8 Å². The molecular formula is C15H24S. The van der Waals surface area contributed by atoms with Crippen LogP contribution in [0.1, 0.15) is 34.6 Å². The summed E-state index contributed by atoms with van der Waals surface area (Å²) in [4.78, 5) is 1.34. The second-order valence-electron chi connectivity index (χ2n) is 4.04. The van der Waals surface area contributed by atoms with Crippen molar-refractivity contribution in [2.75, 3.05) is 5.75 Å². The first kappa shape index (κ1) is 15.3. The fourth-order valence-corrected chi connectivity index (χ4v) is 1.72. The van der Waals surface area contributed by atoms with E-state index in [1.807, 2.05) is 11.8 Å². The second kappa shape index (κ2) is 9.53. The minimum Gasteiger partial charge on any atom is -0.122 e. The summed E-state index contributed by atoms with van der Waals surface area (Å²) < 4.78 is 0. The van der Waals surface area contributed by atoms with Gasteiger partial charge in [0.15, 0.2) is 0 Å². The lowest BCUT2D eigenvalue weighted by molar-refractivity contribution is 0.831. The first-order chi connectivity index (χ1) is 7.60. The Bertz CT molecular complexity index is 291. The fourth-order valence-electron chi connectivity index (χ4n) is 0.990. The molecular weight excluding hydrogens is 212 g/mol. The van der Waals surface area contributed by atoms with Crippen LogP contribution in [-0.4, -0.2) is 5.75 Å². The van der Waals surface area contributed by atoms with Crippen molar-refractivity contribution in [2.45, 2.75) is 34.6 Å². The van der Waals surface area contributed by atoms with E-state index in [2.05, 4.69) is 71.1 Å². The van der Waals surface area contributed by atoms with Crippen molar-refractivity contribution in [3.8, 4) is 0 Å². The average molecular weight is 236 g/mol. The van der Waals surface area contributed by atoms with Crippen molar-refractivity contribution >= 4 is 11.8 Å². The molecule has 0 nitrogen and oxygen atoms in total. The van der Waals surface area contributed by atoms with Crippen LogP contribution in [0.5, 0.6) is 0 Å². The molecule has 0 atom stereocenters. The SMILES string of the molecule is C/C=C(C)\C=C/CSC(/C=C\C(C)C)=C/C. The molecule has 0 N–H and O–H groups in total. The zero-order valence-electron chi connectivity index (χ0n) is 11.2. The maximum absolute atomic E-state index is 2.24. The number of rotatable bonds is 6. The van der Waals surface area contributed by atoms with Crippen molar-refractivity contribution in [1.29, 1.82) is 0 Å². The van der Waals surface area contributed by atoms with Crippen LogP contribution in [0, 0.1) is 5.92 Å². The fraction of sp³-hybridized carbons (Fsp3) is 0.467. The summed E-state index contributed by atoms with van der Waals surface area (Å²) in [6, 6.07) is 0. The van der Waals surface area contributed by atoms with Crippen LogP contribution in [-0.2, 0) is 0 Å². The van der Waals surface area contributed by atoms with Gasteiger partial charge < -0.3 is 0 Å². The van der Waals surface area contributed by atoms with Gasteiger partial charge >= 0.3 is 0 Å². The Balaban J connectivity index is 4.04. The number of thioether (sulfide) groups is 1. The predicted molar refractivity (Wildman–Crippen MR) is 78.8 cm³/mol. The summed E-state index contributed by atoms with van der Waals surface area (Å²) >= 11 is 1.88. The van der Waals surface area contributed by atoms with Crippen molar-refractivity contribution in [3.63, 3.8) is 0 Å². The lowest BCUT2D eigenvalue weighted by Crippen LogP contribution is -1.79. The van der Waals surface area contributed by atoms with Crippen molar-refractivity contribution in [1.82, 2.24) is 0 Å². The summed E-state index contributed by atoms with van der Waals surface area (Å²) in [5.74, 6) is 1.66. The molecule has 0 amide bonds. The molecule has 0 saturated carbocycles. The van der Waals surface area contributed by atoms with Gasteiger partial charge in [-0.1, -0.05) is 55.9 Å². The third kappa shape index (κ3) is 8.60. The third-order valence-electron chi connectivity index (χ3n) is 2.11. The monoisotopic (exact) mass is 236 g/mol. The second-order valence-corrected chi connectivity index (χ2v) is 5.13. The molecule has 16 heavy (non-hydrogen) atoms. The first-order valence-electron chi connectivity index (χ1n) is 5.87. The van der Waals surface area contributed by atoms with Gasteiger partial charge in [-0.05, 0) is 26.7 Å². The Kier molecular flexibility index (Phi) is 9.12. The van der Waals surface area contributed by atoms with E-state index in [1.165, 1.54) is 10.5 Å². The molecule has 0 heterocycles. The molecule has 0 aromatic heterocycles. The number of allylic oxidation sites excluding steroid dienone is 6. The Morgan fingerprint density at radius 2 is 1.81 bits per heavy atom. The first-order valence-corrected chi connectivity index (χ1v) is 6.85. The van der Waals surface area contributed by atoms with Gasteiger partial charge in [-0.3, -0.25) is 0 Å². The Morgan fingerprint density at radius 3 is 2.31 bits per heavy atom. The lowest BCUT2D eigenvalue weighted by atomic mass is 10.2. The smallest absolute Gasteiger partial charge is 0.0163 e. The quantitative estimate of drug-likeness (QED) is 0.560. The molecule has 0 aliphatic rings. The van der Waals surface area contributed by atoms with E-state index in [9.17, 15) is 0 Å². The molecule has 0 aliphatic carbocycles. The van der Waals surface area contributed by atoms with E-state index in [1.54, 1.807) is 0 Å². The van der Waals surface area contributed by atoms with E-state index in [4.69, 9.17) is 0 Å². The largest absolute Gasteiger partial charge is 0.122 e. The lowest BCUT2D eigenvalue weighted by Gasteiger charge is -1.99. The third-order valence-corrected chi connectivity index (χ3v) is 3.18. The Labute approximate surface area is 105 Å². The van der Waals surface area contributed by atoms with Gasteiger partial charge in [-0.2, -0.15) is 0 Å². The minimum absolute atomic E-state index is 0.622. The van der Waals surface area contributed by atoms with Crippen LogP contribution in [0.2, 0.25) is 0 Å². The maximum atomic E-state index is 2.24. The van der Waals surface area contributed by atoms with Crippen LogP contribution in [0.3, 0.4) is 0 Å². The van der Waals surface area contributed by atoms with Crippen LogP contribution in [0.4, 0.5) is 0 Å². The molecule has 0 spiro atoms. The van der Waals surface area contributed by atoms with Gasteiger partial charge in [0.1, 0.15) is 0 Å². The minimum atomic E-state index is 0.622. The molecule has 0 aliphatic heterocycles. The van der Waals surface area contributed by atoms with E-state index in [0.29, 0.717) is 5.92 Å². The molecule has 0 bridgehead atoms. The van der Waals surface area contributed by atoms with E-state index in [-0.39, 0.29) is 0 Å². The Hall–Kier alpha value is -0.690. The number of hydrogen-bond donors (Lipinski definition) is 0. The average Bonchev–Trinajstić information content (AvgIpc) is 2.27. The van der Waals surface area contributed by atoms with Gasteiger partial charge in [-0.15, -0.1) is 11.8 Å². The molecule has 0 radical (unpaired) electrons. The van der Waals surface area contributed by atoms with Gasteiger partial charge in [0.05, 0.1) is 0 Å².